The van der Waals surface area contributed by atoms with E-state index in [1.165, 1.54) is 13.8 Å². The monoisotopic (exact) mass is 1250 g/mol. The Morgan fingerprint density at radius 1 is 0.682 bits per heavy atom. The first-order chi connectivity index (χ1) is 39.3. The number of carbonyl (C=O) groups excluding carboxylic acids is 1. The first-order valence-electron chi connectivity index (χ1n) is 29.4. The van der Waals surface area contributed by atoms with Gasteiger partial charge in [0.1, 0.15) is 103 Å². The summed E-state index contributed by atoms with van der Waals surface area (Å²) in [5, 5.41) is 145. The Labute approximate surface area is 516 Å². The number of Topliss-reactive ketones (excluding diaryl/α,β-unsaturated/α-hetero) is 1. The van der Waals surface area contributed by atoms with Crippen LogP contribution >= 0.6 is 0 Å². The minimum absolute atomic E-state index is 0. The van der Waals surface area contributed by atoms with Gasteiger partial charge in [0.25, 0.3) is 0 Å². The number of hydrogen-bond acceptors (Lipinski definition) is 28. The van der Waals surface area contributed by atoms with E-state index in [1.54, 1.807) is 6.92 Å². The van der Waals surface area contributed by atoms with Gasteiger partial charge in [0.15, 0.2) is 31.5 Å². The van der Waals surface area contributed by atoms with Gasteiger partial charge in [0, 0.05) is 12.8 Å². The van der Waals surface area contributed by atoms with Crippen LogP contribution in [0.4, 0.5) is 0 Å². The number of ketones is 1. The van der Waals surface area contributed by atoms with Gasteiger partial charge in [0.2, 0.25) is 10.4 Å². The third-order valence-corrected chi connectivity index (χ3v) is 20.4. The van der Waals surface area contributed by atoms with Gasteiger partial charge in [-0.15, -0.1) is 0 Å². The molecule has 5 heterocycles. The van der Waals surface area contributed by atoms with Crippen molar-refractivity contribution in [1.82, 2.24) is 0 Å². The molecule has 9 aliphatic rings. The van der Waals surface area contributed by atoms with E-state index in [1.807, 2.05) is 20.8 Å². The van der Waals surface area contributed by atoms with E-state index in [9.17, 15) is 84.1 Å². The van der Waals surface area contributed by atoms with Gasteiger partial charge >= 0.3 is 29.6 Å². The summed E-state index contributed by atoms with van der Waals surface area (Å²) < 4.78 is 102. The van der Waals surface area contributed by atoms with Crippen molar-refractivity contribution < 1.29 is 165 Å². The van der Waals surface area contributed by atoms with Crippen molar-refractivity contribution in [2.75, 3.05) is 19.8 Å². The van der Waals surface area contributed by atoms with Gasteiger partial charge in [-0.25, -0.2) is 8.42 Å². The van der Waals surface area contributed by atoms with E-state index in [0.29, 0.717) is 32.1 Å². The standard InChI is InChI=1S/C55H90O28S.Na/c1-21(2)14-24(57)17-55(7,69)34-9-8-27-26-16-31(29-15-25(83-84(70,71)72)10-12-53(29,5)28(26)11-13-54(27,34)6)77-50-44(68)45(38(62)32(18-56)78-50)80-52-47(82-49-43(67)41(65)36(60)23(4)76-49)39(63)33(20-74-52)79-51-46(37(61)30(58)19-73-51)81-48-42(66)40(64)35(59)22(3)75-48;/h11,21-23,25-27,29-52,56,58-69H,8-10,12-20H2,1-7H3,(H,70,71,72);/q;+1/p-1/t22?,23?,25-,26?,27?,29?,30?,31-,32?,33?,34-,35?,36?,37?,38?,39?,40?,41?,42?,43?,44?,45?,46?,47?,48?,49?,50?,51?,52?,53+,54-,55-;/m0./s1. The van der Waals surface area contributed by atoms with Crippen LogP contribution in [-0.2, 0) is 66.7 Å². The predicted molar refractivity (Wildman–Crippen MR) is 279 cm³/mol. The maximum absolute atomic E-state index is 13.2. The molecule has 0 aromatic carbocycles. The molecule has 26 unspecified atom stereocenters. The second-order valence-electron chi connectivity index (χ2n) is 26.2. The number of aliphatic hydroxyl groups excluding tert-OH is 12. The van der Waals surface area contributed by atoms with E-state index in [2.05, 4.69) is 13.0 Å². The van der Waals surface area contributed by atoms with E-state index in [0.717, 1.165) is 5.57 Å². The molecule has 484 valence electrons. The Bertz CT molecular complexity index is 2390. The summed E-state index contributed by atoms with van der Waals surface area (Å²) in [7, 11) is -5.15. The smallest absolute Gasteiger partial charge is 0.726 e. The van der Waals surface area contributed by atoms with Crippen molar-refractivity contribution in [1.29, 1.82) is 0 Å². The largest absolute Gasteiger partial charge is 1.00 e. The van der Waals surface area contributed by atoms with Crippen molar-refractivity contribution in [3.05, 3.63) is 11.6 Å². The molecule has 0 aromatic heterocycles. The second-order valence-corrected chi connectivity index (χ2v) is 27.2. The number of hydrogen-bond donors (Lipinski definition) is 13. The number of allylic oxidation sites excluding steroid dienone is 2. The Morgan fingerprint density at radius 2 is 1.24 bits per heavy atom. The van der Waals surface area contributed by atoms with Crippen molar-refractivity contribution in [3.8, 4) is 0 Å². The Kier molecular flexibility index (Phi) is 22.7. The van der Waals surface area contributed by atoms with Crippen molar-refractivity contribution in [2.45, 2.75) is 265 Å². The average molecular weight is 1250 g/mol. The number of aliphatic hydroxyl groups is 13. The van der Waals surface area contributed by atoms with Gasteiger partial charge in [0.05, 0.1) is 49.8 Å². The van der Waals surface area contributed by atoms with Gasteiger partial charge in [-0.2, -0.15) is 0 Å². The molecule has 9 rings (SSSR count). The van der Waals surface area contributed by atoms with Crippen LogP contribution in [0, 0.1) is 40.4 Å². The fourth-order valence-electron chi connectivity index (χ4n) is 15.5. The molecule has 4 aliphatic carbocycles. The Morgan fingerprint density at radius 3 is 1.82 bits per heavy atom. The molecule has 0 amide bonds. The third-order valence-electron chi connectivity index (χ3n) is 19.9. The van der Waals surface area contributed by atoms with Crippen LogP contribution in [0.15, 0.2) is 11.6 Å². The summed E-state index contributed by atoms with van der Waals surface area (Å²) in [4.78, 5) is 13.2. The first kappa shape index (κ1) is 70.2. The number of carbonyl (C=O) groups is 1. The van der Waals surface area contributed by atoms with E-state index < -0.39 is 206 Å². The minimum Gasteiger partial charge on any atom is -0.726 e. The number of fused-ring (bicyclic) bond motifs is 5. The zero-order chi connectivity index (χ0) is 61.4. The molecule has 30 heteroatoms. The zero-order valence-corrected chi connectivity index (χ0v) is 52.0. The van der Waals surface area contributed by atoms with Crippen molar-refractivity contribution in [3.63, 3.8) is 0 Å². The fraction of sp³-hybridized carbons (Fsp3) is 0.945. The Hall–Kier alpha value is -0.640. The summed E-state index contributed by atoms with van der Waals surface area (Å²) in [5.41, 5.74) is -1.41. The van der Waals surface area contributed by atoms with E-state index >= 15 is 0 Å². The summed E-state index contributed by atoms with van der Waals surface area (Å²) >= 11 is 0. The van der Waals surface area contributed by atoms with Crippen LogP contribution in [0.3, 0.4) is 0 Å². The molecule has 3 saturated carbocycles. The van der Waals surface area contributed by atoms with E-state index in [4.69, 9.17) is 51.6 Å². The molecule has 5 aliphatic heterocycles. The SMILES string of the molecule is CC(C)CC(=O)C[C@](C)(O)[C@H]1CCC2C3C[C@H](OC4OC(CO)C(O)C(OC5OCC(OC6OCC(O)C(O)C6OC6OC(C)C(O)C(O)C6O)C(O)C5OC5OC(C)C(O)C(O)C5O)C4O)C4C[C@@H](OS(=O)(=O)[O-])CC[C@]4(C)C3=CC[C@@]21C.[Na+]. The van der Waals surface area contributed by atoms with E-state index in [-0.39, 0.29) is 84.7 Å². The quantitative estimate of drug-likeness (QED) is 0.0263. The Balaban J connectivity index is 0.00000940. The molecule has 32 atom stereocenters. The molecule has 0 spiro atoms. The summed E-state index contributed by atoms with van der Waals surface area (Å²) in [6, 6.07) is 0. The third kappa shape index (κ3) is 14.3. The summed E-state index contributed by atoms with van der Waals surface area (Å²) in [6.45, 7) is 10.5. The second kappa shape index (κ2) is 27.5. The first-order valence-corrected chi connectivity index (χ1v) is 30.8. The molecule has 13 N–H and O–H groups in total. The van der Waals surface area contributed by atoms with Crippen LogP contribution < -0.4 is 29.6 Å². The maximum Gasteiger partial charge on any atom is 1.00 e. The molecule has 85 heavy (non-hydrogen) atoms. The van der Waals surface area contributed by atoms with Crippen LogP contribution in [0.1, 0.15) is 106 Å². The fourth-order valence-corrected chi connectivity index (χ4v) is 16.0. The topological polar surface area (TPSA) is 439 Å². The van der Waals surface area contributed by atoms with Crippen LogP contribution in [0.5, 0.6) is 0 Å². The number of ether oxygens (including phenoxy) is 10. The van der Waals surface area contributed by atoms with Crippen molar-refractivity contribution >= 4 is 16.2 Å². The van der Waals surface area contributed by atoms with Crippen LogP contribution in [-0.4, -0.2) is 264 Å². The van der Waals surface area contributed by atoms with Crippen LogP contribution in [0.25, 0.3) is 0 Å². The molecule has 5 saturated heterocycles. The van der Waals surface area contributed by atoms with Gasteiger partial charge in [-0.1, -0.05) is 39.3 Å². The molecule has 0 radical (unpaired) electrons. The van der Waals surface area contributed by atoms with Crippen molar-refractivity contribution in [2.24, 2.45) is 40.4 Å². The maximum atomic E-state index is 13.2. The molecular formula is C55H89NaO28S. The molecule has 28 nitrogen and oxygen atoms in total. The normalized spacial score (nSPS) is 50.2. The number of rotatable bonds is 18. The van der Waals surface area contributed by atoms with Gasteiger partial charge in [-0.3, -0.25) is 8.98 Å². The summed E-state index contributed by atoms with van der Waals surface area (Å²) in [6.07, 6.45) is -36.3. The van der Waals surface area contributed by atoms with Gasteiger partial charge in [-0.05, 0) is 106 Å². The summed E-state index contributed by atoms with van der Waals surface area (Å²) in [5.74, 6) is -1.01. The van der Waals surface area contributed by atoms with Gasteiger partial charge < -0.3 is 118 Å². The molecule has 0 bridgehead atoms. The molecule has 0 aromatic rings. The zero-order valence-electron chi connectivity index (χ0n) is 49.2. The molecular weight excluding hydrogens is 1160 g/mol. The average Bonchev–Trinajstić information content (AvgIpc) is 1.74. The molecule has 8 fully saturated rings. The van der Waals surface area contributed by atoms with Crippen LogP contribution in [0.2, 0.25) is 0 Å². The minimum atomic E-state index is -5.15. The predicted octanol–water partition coefficient (Wildman–Crippen LogP) is -6.40.